The molecule has 1 saturated heterocycles. The van der Waals surface area contributed by atoms with Gasteiger partial charge < -0.3 is 14.6 Å². The average molecular weight is 431 g/mol. The molecule has 0 saturated carbocycles. The van der Waals surface area contributed by atoms with E-state index in [9.17, 15) is 18.0 Å². The van der Waals surface area contributed by atoms with Gasteiger partial charge in [-0.15, -0.1) is 24.8 Å². The monoisotopic (exact) mass is 430 g/mol. The van der Waals surface area contributed by atoms with Crippen LogP contribution in [0.2, 0.25) is 5.02 Å². The van der Waals surface area contributed by atoms with E-state index in [2.05, 4.69) is 26.8 Å². The highest BCUT2D eigenvalue weighted by atomic mass is 35.5. The Hall–Kier alpha value is -2.59. The first-order valence-electron chi connectivity index (χ1n) is 8.71. The lowest BCUT2D eigenvalue weighted by atomic mass is 10.2. The van der Waals surface area contributed by atoms with Crippen LogP contribution in [0.3, 0.4) is 0 Å². The molecule has 1 aromatic heterocycles. The summed E-state index contributed by atoms with van der Waals surface area (Å²) in [6.45, 7) is 5.24. The second-order valence-corrected chi connectivity index (χ2v) is 6.88. The van der Waals surface area contributed by atoms with Gasteiger partial charge in [0.1, 0.15) is 6.04 Å². The summed E-state index contributed by atoms with van der Waals surface area (Å²) in [4.78, 5) is 14.1. The summed E-state index contributed by atoms with van der Waals surface area (Å²) in [5.74, 6) is -0.250. The van der Waals surface area contributed by atoms with Gasteiger partial charge in [-0.05, 0) is 37.6 Å². The van der Waals surface area contributed by atoms with Crippen LogP contribution in [-0.2, 0) is 9.53 Å². The van der Waals surface area contributed by atoms with Gasteiger partial charge in [0.15, 0.2) is 0 Å². The molecule has 2 aromatic rings. The van der Waals surface area contributed by atoms with Gasteiger partial charge in [-0.1, -0.05) is 22.8 Å². The van der Waals surface area contributed by atoms with Crippen molar-refractivity contribution in [2.75, 3.05) is 11.9 Å². The van der Waals surface area contributed by atoms with Crippen LogP contribution in [0.15, 0.2) is 41.3 Å². The molecule has 1 amide bonds. The predicted octanol–water partition coefficient (Wildman–Crippen LogP) is 3.88. The lowest BCUT2D eigenvalue weighted by Gasteiger charge is -2.27. The van der Waals surface area contributed by atoms with Gasteiger partial charge in [-0.3, -0.25) is 9.53 Å². The van der Waals surface area contributed by atoms with Crippen LogP contribution in [0.1, 0.15) is 13.3 Å². The minimum absolute atomic E-state index is 0.0249. The lowest BCUT2D eigenvalue weighted by molar-refractivity contribution is -0.343. The van der Waals surface area contributed by atoms with E-state index in [0.29, 0.717) is 10.6 Å². The van der Waals surface area contributed by atoms with Crippen LogP contribution >= 0.6 is 11.6 Å². The van der Waals surface area contributed by atoms with Crippen LogP contribution in [-0.4, -0.2) is 52.1 Å². The van der Waals surface area contributed by atoms with E-state index in [1.54, 1.807) is 24.3 Å². The van der Waals surface area contributed by atoms with Gasteiger partial charge in [-0.2, -0.15) is 0 Å². The average Bonchev–Trinajstić information content (AvgIpc) is 3.26. The van der Waals surface area contributed by atoms with Gasteiger partial charge in [0.25, 0.3) is 0 Å². The fourth-order valence-electron chi connectivity index (χ4n) is 3.08. The third-order valence-corrected chi connectivity index (χ3v) is 4.80. The molecule has 156 valence electrons. The molecule has 3 atom stereocenters. The van der Waals surface area contributed by atoms with E-state index in [0.717, 1.165) is 0 Å². The zero-order valence-corrected chi connectivity index (χ0v) is 16.1. The van der Waals surface area contributed by atoms with Crippen LogP contribution in [0.5, 0.6) is 0 Å². The number of alkyl halides is 3. The molecule has 11 heteroatoms. The number of carbonyl (C=O) groups excluding carboxylic acids is 1. The molecule has 29 heavy (non-hydrogen) atoms. The van der Waals surface area contributed by atoms with Crippen LogP contribution in [0.4, 0.5) is 19.2 Å². The maximum Gasteiger partial charge on any atom is 0.522 e. The number of amides is 1. The summed E-state index contributed by atoms with van der Waals surface area (Å²) in [5, 5.41) is 11.0. The Morgan fingerprint density at radius 1 is 1.41 bits per heavy atom. The molecule has 1 fully saturated rings. The second-order valence-electron chi connectivity index (χ2n) is 6.44. The first kappa shape index (κ1) is 21.1. The SMILES string of the molecule is C=C[C@@H](Nc1nnc(-c2ccc(Cl)cc2)o1)C(=O)N1CCC(OC(F)(F)F)[C@@H]1C. The van der Waals surface area contributed by atoms with E-state index in [4.69, 9.17) is 16.0 Å². The van der Waals surface area contributed by atoms with Crippen molar-refractivity contribution < 1.29 is 27.1 Å². The highest BCUT2D eigenvalue weighted by Crippen LogP contribution is 2.29. The summed E-state index contributed by atoms with van der Waals surface area (Å²) in [5.41, 5.74) is 0.636. The molecule has 3 rings (SSSR count). The molecule has 1 aliphatic rings. The molecule has 1 unspecified atom stereocenters. The molecule has 7 nitrogen and oxygen atoms in total. The number of carbonyl (C=O) groups is 1. The number of rotatable bonds is 6. The Morgan fingerprint density at radius 3 is 2.72 bits per heavy atom. The topological polar surface area (TPSA) is 80.5 Å². The molecule has 0 aliphatic carbocycles. The Morgan fingerprint density at radius 2 is 2.10 bits per heavy atom. The fraction of sp³-hybridized carbons (Fsp3) is 0.389. The minimum atomic E-state index is -4.75. The number of hydrogen-bond donors (Lipinski definition) is 1. The van der Waals surface area contributed by atoms with Gasteiger partial charge in [0.05, 0.1) is 12.1 Å². The Bertz CT molecular complexity index is 872. The Balaban J connectivity index is 1.66. The standard InChI is InChI=1S/C18H18ClF3N4O3/c1-3-13(16(27)26-9-8-14(10(26)2)29-18(20,21)22)23-17-25-24-15(28-17)11-4-6-12(19)7-5-11/h3-7,10,13-14H,1,8-9H2,2H3,(H,23,25)/t10-,13+,14?/m0/s1. The van der Waals surface area contributed by atoms with Crippen molar-refractivity contribution in [2.45, 2.75) is 37.9 Å². The molecule has 1 aromatic carbocycles. The van der Waals surface area contributed by atoms with E-state index in [1.807, 2.05) is 0 Å². The molecule has 1 aliphatic heterocycles. The van der Waals surface area contributed by atoms with Crippen molar-refractivity contribution in [3.8, 4) is 11.5 Å². The normalized spacial score (nSPS) is 20.5. The third-order valence-electron chi connectivity index (χ3n) is 4.55. The first-order chi connectivity index (χ1) is 13.7. The van der Waals surface area contributed by atoms with Crippen molar-refractivity contribution >= 4 is 23.5 Å². The van der Waals surface area contributed by atoms with Crippen molar-refractivity contribution in [1.29, 1.82) is 0 Å². The quantitative estimate of drug-likeness (QED) is 0.700. The third kappa shape index (κ3) is 5.07. The smallest absolute Gasteiger partial charge is 0.403 e. The maximum absolute atomic E-state index is 12.8. The van der Waals surface area contributed by atoms with Gasteiger partial charge in [0, 0.05) is 17.1 Å². The molecule has 1 N–H and O–H groups in total. The zero-order chi connectivity index (χ0) is 21.2. The highest BCUT2D eigenvalue weighted by molar-refractivity contribution is 6.30. The number of nitrogens with one attached hydrogen (secondary N) is 1. The van der Waals surface area contributed by atoms with Crippen LogP contribution in [0.25, 0.3) is 11.5 Å². The fourth-order valence-corrected chi connectivity index (χ4v) is 3.20. The largest absolute Gasteiger partial charge is 0.522 e. The van der Waals surface area contributed by atoms with Gasteiger partial charge in [-0.25, -0.2) is 0 Å². The molecule has 0 radical (unpaired) electrons. The number of anilines is 1. The van der Waals surface area contributed by atoms with Crippen molar-refractivity contribution in [3.63, 3.8) is 0 Å². The number of nitrogens with zero attached hydrogens (tertiary/aromatic N) is 3. The van der Waals surface area contributed by atoms with E-state index >= 15 is 0 Å². The summed E-state index contributed by atoms with van der Waals surface area (Å²) in [6, 6.07) is 4.99. The first-order valence-corrected chi connectivity index (χ1v) is 9.09. The number of aromatic nitrogens is 2. The van der Waals surface area contributed by atoms with E-state index in [-0.39, 0.29) is 24.9 Å². The minimum Gasteiger partial charge on any atom is -0.403 e. The molecular formula is C18H18ClF3N4O3. The number of hydrogen-bond acceptors (Lipinski definition) is 6. The van der Waals surface area contributed by atoms with Crippen molar-refractivity contribution in [2.24, 2.45) is 0 Å². The highest BCUT2D eigenvalue weighted by Gasteiger charge is 2.43. The van der Waals surface area contributed by atoms with Crippen LogP contribution in [0, 0.1) is 0 Å². The van der Waals surface area contributed by atoms with E-state index in [1.165, 1.54) is 17.9 Å². The summed E-state index contributed by atoms with van der Waals surface area (Å²) < 4.78 is 47.1. The molecule has 0 bridgehead atoms. The van der Waals surface area contributed by atoms with Gasteiger partial charge >= 0.3 is 12.4 Å². The Kier molecular flexibility index (Phi) is 6.13. The number of benzene rings is 1. The Labute approximate surface area is 169 Å². The number of likely N-dealkylation sites (tertiary alicyclic amines) is 1. The number of halogens is 4. The van der Waals surface area contributed by atoms with Crippen molar-refractivity contribution in [1.82, 2.24) is 15.1 Å². The molecule has 0 spiro atoms. The second kappa shape index (κ2) is 8.42. The zero-order valence-electron chi connectivity index (χ0n) is 15.3. The molecule has 2 heterocycles. The summed E-state index contributed by atoms with van der Waals surface area (Å²) in [6.07, 6.45) is -4.48. The summed E-state index contributed by atoms with van der Waals surface area (Å²) >= 11 is 5.84. The summed E-state index contributed by atoms with van der Waals surface area (Å²) in [7, 11) is 0. The molecular weight excluding hydrogens is 413 g/mol. The van der Waals surface area contributed by atoms with Crippen LogP contribution < -0.4 is 5.32 Å². The maximum atomic E-state index is 12.8. The predicted molar refractivity (Wildman–Crippen MR) is 99.1 cm³/mol. The number of ether oxygens (including phenoxy) is 1. The van der Waals surface area contributed by atoms with Crippen molar-refractivity contribution in [3.05, 3.63) is 41.9 Å². The lowest BCUT2D eigenvalue weighted by Crippen LogP contribution is -2.46. The van der Waals surface area contributed by atoms with E-state index < -0.39 is 30.5 Å². The van der Waals surface area contributed by atoms with Gasteiger partial charge in [0.2, 0.25) is 11.8 Å².